The molecular formula is C14H18N2O2. The number of hydrogen-bond acceptors (Lipinski definition) is 2. The molecule has 1 aliphatic heterocycles. The van der Waals surface area contributed by atoms with E-state index in [0.717, 1.165) is 18.5 Å². The van der Waals surface area contributed by atoms with Crippen LogP contribution in [-0.2, 0) is 4.79 Å². The lowest BCUT2D eigenvalue weighted by Crippen LogP contribution is -2.37. The fraction of sp³-hybridized carbons (Fsp3) is 0.429. The molecule has 1 aromatic carbocycles. The molecule has 0 aliphatic carbocycles. The summed E-state index contributed by atoms with van der Waals surface area (Å²) in [5.41, 5.74) is 0.806. The van der Waals surface area contributed by atoms with Gasteiger partial charge >= 0.3 is 6.03 Å². The number of Topliss-reactive ketones (excluding diaryl/α,β-unsaturated/α-hetero) is 1. The lowest BCUT2D eigenvalue weighted by molar-refractivity contribution is -0.119. The van der Waals surface area contributed by atoms with E-state index in [-0.39, 0.29) is 6.03 Å². The minimum Gasteiger partial charge on any atom is -0.325 e. The molecule has 0 unspecified atom stereocenters. The van der Waals surface area contributed by atoms with Gasteiger partial charge in [0.1, 0.15) is 5.78 Å². The van der Waals surface area contributed by atoms with Crippen molar-refractivity contribution in [1.82, 2.24) is 4.90 Å². The van der Waals surface area contributed by atoms with E-state index in [4.69, 9.17) is 0 Å². The van der Waals surface area contributed by atoms with Crippen LogP contribution in [0.25, 0.3) is 0 Å². The van der Waals surface area contributed by atoms with Crippen molar-refractivity contribution in [3.05, 3.63) is 30.3 Å². The summed E-state index contributed by atoms with van der Waals surface area (Å²) >= 11 is 0. The summed E-state index contributed by atoms with van der Waals surface area (Å²) < 4.78 is 0. The number of likely N-dealkylation sites (tertiary alicyclic amines) is 1. The van der Waals surface area contributed by atoms with Gasteiger partial charge in [-0.2, -0.15) is 0 Å². The van der Waals surface area contributed by atoms with Crippen molar-refractivity contribution in [2.24, 2.45) is 0 Å². The van der Waals surface area contributed by atoms with Crippen LogP contribution in [0.2, 0.25) is 0 Å². The van der Waals surface area contributed by atoms with Gasteiger partial charge < -0.3 is 10.2 Å². The summed E-state index contributed by atoms with van der Waals surface area (Å²) in [6.45, 7) is 1.31. The number of ketones is 1. The topological polar surface area (TPSA) is 49.4 Å². The standard InChI is InChI=1S/C14H18N2O2/c17-13-8-4-10-16(11-5-9-13)14(18)15-12-6-2-1-3-7-12/h1-3,6-7H,4-5,8-11H2,(H,15,18). The molecular weight excluding hydrogens is 228 g/mol. The van der Waals surface area contributed by atoms with Crippen LogP contribution in [0.15, 0.2) is 30.3 Å². The van der Waals surface area contributed by atoms with E-state index in [2.05, 4.69) is 5.32 Å². The molecule has 2 amide bonds. The second kappa shape index (κ2) is 6.19. The zero-order chi connectivity index (χ0) is 12.8. The van der Waals surface area contributed by atoms with Crippen LogP contribution in [0.1, 0.15) is 25.7 Å². The first-order valence-electron chi connectivity index (χ1n) is 6.38. The summed E-state index contributed by atoms with van der Waals surface area (Å²) in [6.07, 6.45) is 2.71. The van der Waals surface area contributed by atoms with E-state index < -0.39 is 0 Å². The predicted octanol–water partition coefficient (Wildman–Crippen LogP) is 2.66. The lowest BCUT2D eigenvalue weighted by atomic mass is 10.1. The number of amides is 2. The fourth-order valence-electron chi connectivity index (χ4n) is 2.10. The third-order valence-corrected chi connectivity index (χ3v) is 3.08. The van der Waals surface area contributed by atoms with Gasteiger partial charge in [0.25, 0.3) is 0 Å². The van der Waals surface area contributed by atoms with Gasteiger partial charge in [0.15, 0.2) is 0 Å². The van der Waals surface area contributed by atoms with Crippen molar-refractivity contribution < 1.29 is 9.59 Å². The third-order valence-electron chi connectivity index (χ3n) is 3.08. The minimum absolute atomic E-state index is 0.0736. The van der Waals surface area contributed by atoms with Gasteiger partial charge in [-0.1, -0.05) is 18.2 Å². The van der Waals surface area contributed by atoms with Crippen molar-refractivity contribution in [2.45, 2.75) is 25.7 Å². The number of benzene rings is 1. The molecule has 0 radical (unpaired) electrons. The Morgan fingerprint density at radius 1 is 1.06 bits per heavy atom. The average molecular weight is 246 g/mol. The molecule has 4 heteroatoms. The summed E-state index contributed by atoms with van der Waals surface area (Å²) in [5, 5.41) is 2.87. The van der Waals surface area contributed by atoms with Crippen LogP contribution in [0.5, 0.6) is 0 Å². The van der Waals surface area contributed by atoms with E-state index in [0.29, 0.717) is 31.7 Å². The van der Waals surface area contributed by atoms with Gasteiger partial charge in [0, 0.05) is 31.6 Å². The van der Waals surface area contributed by atoms with Gasteiger partial charge in [-0.25, -0.2) is 4.79 Å². The molecule has 2 rings (SSSR count). The fourth-order valence-corrected chi connectivity index (χ4v) is 2.10. The Bertz CT molecular complexity index is 405. The molecule has 0 saturated carbocycles. The first-order chi connectivity index (χ1) is 8.75. The molecule has 1 heterocycles. The number of para-hydroxylation sites is 1. The molecule has 96 valence electrons. The number of carbonyl (C=O) groups is 2. The molecule has 1 saturated heterocycles. The lowest BCUT2D eigenvalue weighted by Gasteiger charge is -2.24. The largest absolute Gasteiger partial charge is 0.325 e. The predicted molar refractivity (Wildman–Crippen MR) is 70.5 cm³/mol. The SMILES string of the molecule is O=C1CCCN(C(=O)Nc2ccccc2)CCC1. The summed E-state index contributed by atoms with van der Waals surface area (Å²) in [5.74, 6) is 0.318. The molecule has 1 aliphatic rings. The van der Waals surface area contributed by atoms with Crippen LogP contribution < -0.4 is 5.32 Å². The van der Waals surface area contributed by atoms with Gasteiger partial charge in [0.05, 0.1) is 0 Å². The molecule has 0 atom stereocenters. The van der Waals surface area contributed by atoms with Crippen molar-refractivity contribution in [3.8, 4) is 0 Å². The molecule has 4 nitrogen and oxygen atoms in total. The van der Waals surface area contributed by atoms with E-state index in [1.54, 1.807) is 4.90 Å². The number of nitrogens with zero attached hydrogens (tertiary/aromatic N) is 1. The average Bonchev–Trinajstić information content (AvgIpc) is 2.34. The van der Waals surface area contributed by atoms with E-state index in [1.165, 1.54) is 0 Å². The number of hydrogen-bond donors (Lipinski definition) is 1. The van der Waals surface area contributed by atoms with E-state index in [9.17, 15) is 9.59 Å². The van der Waals surface area contributed by atoms with E-state index >= 15 is 0 Å². The quantitative estimate of drug-likeness (QED) is 0.828. The van der Waals surface area contributed by atoms with Crippen LogP contribution >= 0.6 is 0 Å². The van der Waals surface area contributed by atoms with Crippen LogP contribution in [0.3, 0.4) is 0 Å². The van der Waals surface area contributed by atoms with Crippen molar-refractivity contribution in [3.63, 3.8) is 0 Å². The second-order valence-corrected chi connectivity index (χ2v) is 4.53. The van der Waals surface area contributed by atoms with E-state index in [1.807, 2.05) is 30.3 Å². The molecule has 1 fully saturated rings. The zero-order valence-corrected chi connectivity index (χ0v) is 10.4. The van der Waals surface area contributed by atoms with Crippen molar-refractivity contribution in [2.75, 3.05) is 18.4 Å². The van der Waals surface area contributed by atoms with Gasteiger partial charge in [0.2, 0.25) is 0 Å². The highest BCUT2D eigenvalue weighted by atomic mass is 16.2. The highest BCUT2D eigenvalue weighted by molar-refractivity contribution is 5.89. The Labute approximate surface area is 107 Å². The molecule has 0 aromatic heterocycles. The molecule has 0 spiro atoms. The highest BCUT2D eigenvalue weighted by Gasteiger charge is 2.16. The molecule has 0 bridgehead atoms. The number of anilines is 1. The summed E-state index contributed by atoms with van der Waals surface area (Å²) in [7, 11) is 0. The van der Waals surface area contributed by atoms with Crippen LogP contribution in [0, 0.1) is 0 Å². The molecule has 1 aromatic rings. The van der Waals surface area contributed by atoms with Crippen LogP contribution in [-0.4, -0.2) is 29.8 Å². The normalized spacial score (nSPS) is 16.9. The van der Waals surface area contributed by atoms with Crippen molar-refractivity contribution in [1.29, 1.82) is 0 Å². The maximum atomic E-state index is 12.0. The Morgan fingerprint density at radius 3 is 2.28 bits per heavy atom. The number of nitrogens with one attached hydrogen (secondary N) is 1. The Kier molecular flexibility index (Phi) is 4.34. The van der Waals surface area contributed by atoms with Crippen molar-refractivity contribution >= 4 is 17.5 Å². The molecule has 18 heavy (non-hydrogen) atoms. The molecule has 1 N–H and O–H groups in total. The second-order valence-electron chi connectivity index (χ2n) is 4.53. The summed E-state index contributed by atoms with van der Waals surface area (Å²) in [4.78, 5) is 25.1. The number of rotatable bonds is 1. The van der Waals surface area contributed by atoms with Crippen LogP contribution in [0.4, 0.5) is 10.5 Å². The van der Waals surface area contributed by atoms with Gasteiger partial charge in [-0.15, -0.1) is 0 Å². The Morgan fingerprint density at radius 2 is 1.67 bits per heavy atom. The smallest absolute Gasteiger partial charge is 0.321 e. The monoisotopic (exact) mass is 246 g/mol. The Hall–Kier alpha value is -1.84. The van der Waals surface area contributed by atoms with Gasteiger partial charge in [-0.3, -0.25) is 4.79 Å². The minimum atomic E-state index is -0.0736. The number of urea groups is 1. The highest BCUT2D eigenvalue weighted by Crippen LogP contribution is 2.11. The maximum Gasteiger partial charge on any atom is 0.321 e. The summed E-state index contributed by atoms with van der Waals surface area (Å²) in [6, 6.07) is 9.35. The number of carbonyl (C=O) groups excluding carboxylic acids is 2. The zero-order valence-electron chi connectivity index (χ0n) is 10.4. The Balaban J connectivity index is 1.90. The first-order valence-corrected chi connectivity index (χ1v) is 6.38. The maximum absolute atomic E-state index is 12.0. The third kappa shape index (κ3) is 3.58. The van der Waals surface area contributed by atoms with Gasteiger partial charge in [-0.05, 0) is 25.0 Å². The first kappa shape index (κ1) is 12.6.